The molecule has 2 rings (SSSR count). The summed E-state index contributed by atoms with van der Waals surface area (Å²) in [5.74, 6) is 1.35. The van der Waals surface area contributed by atoms with E-state index in [2.05, 4.69) is 29.4 Å². The van der Waals surface area contributed by atoms with E-state index in [9.17, 15) is 0 Å². The van der Waals surface area contributed by atoms with Gasteiger partial charge in [-0.25, -0.2) is 4.68 Å². The lowest BCUT2D eigenvalue weighted by Crippen LogP contribution is -2.11. The van der Waals surface area contributed by atoms with Crippen molar-refractivity contribution >= 4 is 5.69 Å². The van der Waals surface area contributed by atoms with E-state index in [0.717, 1.165) is 24.2 Å². The normalized spacial score (nSPS) is 11.2. The van der Waals surface area contributed by atoms with Crippen LogP contribution in [0.25, 0.3) is 11.4 Å². The van der Waals surface area contributed by atoms with E-state index < -0.39 is 0 Å². The number of anilines is 1. The third-order valence-corrected chi connectivity index (χ3v) is 3.35. The highest BCUT2D eigenvalue weighted by atomic mass is 16.5. The Hall–Kier alpha value is -1.95. The van der Waals surface area contributed by atoms with Gasteiger partial charge in [0.25, 0.3) is 0 Å². The van der Waals surface area contributed by atoms with Crippen LogP contribution in [0.3, 0.4) is 0 Å². The minimum Gasteiger partial charge on any atom is -0.398 e. The number of aromatic nitrogens is 4. The monoisotopic (exact) mass is 289 g/mol. The number of nitrogen functional groups attached to an aromatic ring is 1. The van der Waals surface area contributed by atoms with Crippen molar-refractivity contribution in [2.75, 3.05) is 18.9 Å². The maximum Gasteiger partial charge on any atom is 0.184 e. The highest BCUT2D eigenvalue weighted by molar-refractivity contribution is 5.74. The van der Waals surface area contributed by atoms with Gasteiger partial charge >= 0.3 is 0 Å². The van der Waals surface area contributed by atoms with Gasteiger partial charge in [-0.15, -0.1) is 5.10 Å². The summed E-state index contributed by atoms with van der Waals surface area (Å²) in [4.78, 5) is 0. The van der Waals surface area contributed by atoms with Gasteiger partial charge in [-0.05, 0) is 41.3 Å². The fourth-order valence-corrected chi connectivity index (χ4v) is 2.10. The average Bonchev–Trinajstić information content (AvgIpc) is 2.86. The Balaban J connectivity index is 2.02. The highest BCUT2D eigenvalue weighted by Crippen LogP contribution is 2.26. The smallest absolute Gasteiger partial charge is 0.184 e. The first kappa shape index (κ1) is 15.4. The Morgan fingerprint density at radius 3 is 2.81 bits per heavy atom. The standard InChI is InChI=1S/C15H23N5O/c1-11(2)7-9-21-10-8-20-15(17-18-19-20)14-12(3)5-4-6-13(14)16/h4-6,11H,7-10,16H2,1-3H3. The van der Waals surface area contributed by atoms with Crippen LogP contribution in [0.15, 0.2) is 18.2 Å². The minimum absolute atomic E-state index is 0.594. The molecule has 0 aliphatic rings. The van der Waals surface area contributed by atoms with Gasteiger partial charge < -0.3 is 10.5 Å². The number of tetrazole rings is 1. The maximum atomic E-state index is 6.05. The van der Waals surface area contributed by atoms with E-state index in [0.29, 0.717) is 30.6 Å². The molecule has 0 amide bonds. The molecule has 1 aromatic heterocycles. The van der Waals surface area contributed by atoms with Crippen LogP contribution in [0.5, 0.6) is 0 Å². The van der Waals surface area contributed by atoms with Crippen molar-refractivity contribution in [1.82, 2.24) is 20.2 Å². The fraction of sp³-hybridized carbons (Fsp3) is 0.533. The number of benzene rings is 1. The Bertz CT molecular complexity index is 559. The van der Waals surface area contributed by atoms with Gasteiger partial charge in [0, 0.05) is 17.9 Å². The van der Waals surface area contributed by atoms with Crippen molar-refractivity contribution in [1.29, 1.82) is 0 Å². The molecule has 6 nitrogen and oxygen atoms in total. The van der Waals surface area contributed by atoms with E-state index in [1.165, 1.54) is 0 Å². The molecule has 0 radical (unpaired) electrons. The first-order valence-electron chi connectivity index (χ1n) is 7.29. The zero-order chi connectivity index (χ0) is 15.2. The lowest BCUT2D eigenvalue weighted by molar-refractivity contribution is 0.114. The van der Waals surface area contributed by atoms with E-state index in [1.54, 1.807) is 4.68 Å². The molecule has 0 spiro atoms. The van der Waals surface area contributed by atoms with E-state index >= 15 is 0 Å². The quantitative estimate of drug-likeness (QED) is 0.625. The molecule has 2 aromatic rings. The molecule has 0 saturated heterocycles. The zero-order valence-electron chi connectivity index (χ0n) is 12.9. The predicted octanol–water partition coefficient (Wildman–Crippen LogP) is 2.29. The van der Waals surface area contributed by atoms with Gasteiger partial charge in [0.1, 0.15) is 0 Å². The van der Waals surface area contributed by atoms with Crippen LogP contribution >= 0.6 is 0 Å². The third-order valence-electron chi connectivity index (χ3n) is 3.35. The molecule has 1 heterocycles. The molecule has 0 bridgehead atoms. The molecule has 1 aromatic carbocycles. The van der Waals surface area contributed by atoms with Crippen molar-refractivity contribution < 1.29 is 4.74 Å². The fourth-order valence-electron chi connectivity index (χ4n) is 2.10. The number of nitrogens with two attached hydrogens (primary N) is 1. The van der Waals surface area contributed by atoms with Gasteiger partial charge in [0.2, 0.25) is 0 Å². The molecule has 0 aliphatic carbocycles. The topological polar surface area (TPSA) is 78.9 Å². The van der Waals surface area contributed by atoms with Crippen LogP contribution in [0.1, 0.15) is 25.8 Å². The van der Waals surface area contributed by atoms with Gasteiger partial charge in [-0.2, -0.15) is 0 Å². The summed E-state index contributed by atoms with van der Waals surface area (Å²) in [5, 5.41) is 11.9. The first-order valence-corrected chi connectivity index (χ1v) is 7.29. The van der Waals surface area contributed by atoms with Crippen LogP contribution in [-0.2, 0) is 11.3 Å². The molecule has 2 N–H and O–H groups in total. The SMILES string of the molecule is Cc1cccc(N)c1-c1nnnn1CCOCCC(C)C. The molecule has 0 saturated carbocycles. The van der Waals surface area contributed by atoms with Crippen molar-refractivity contribution in [3.05, 3.63) is 23.8 Å². The van der Waals surface area contributed by atoms with Crippen LogP contribution in [0.2, 0.25) is 0 Å². The first-order chi connectivity index (χ1) is 10.1. The largest absolute Gasteiger partial charge is 0.398 e. The zero-order valence-corrected chi connectivity index (χ0v) is 12.9. The Morgan fingerprint density at radius 1 is 1.29 bits per heavy atom. The molecule has 0 aliphatic heterocycles. The summed E-state index contributed by atoms with van der Waals surface area (Å²) in [6.07, 6.45) is 1.06. The number of ether oxygens (including phenoxy) is 1. The molecular weight excluding hydrogens is 266 g/mol. The second kappa shape index (κ2) is 7.17. The molecule has 114 valence electrons. The number of aryl methyl sites for hydroxylation is 1. The second-order valence-electron chi connectivity index (χ2n) is 5.56. The number of nitrogens with zero attached hydrogens (tertiary/aromatic N) is 4. The van der Waals surface area contributed by atoms with Gasteiger partial charge in [-0.1, -0.05) is 26.0 Å². The van der Waals surface area contributed by atoms with Crippen molar-refractivity contribution in [3.8, 4) is 11.4 Å². The molecule has 21 heavy (non-hydrogen) atoms. The molecule has 0 fully saturated rings. The Morgan fingerprint density at radius 2 is 2.10 bits per heavy atom. The number of rotatable bonds is 7. The average molecular weight is 289 g/mol. The van der Waals surface area contributed by atoms with Crippen molar-refractivity contribution in [3.63, 3.8) is 0 Å². The van der Waals surface area contributed by atoms with Crippen LogP contribution < -0.4 is 5.73 Å². The lowest BCUT2D eigenvalue weighted by atomic mass is 10.1. The van der Waals surface area contributed by atoms with Crippen LogP contribution in [-0.4, -0.2) is 33.4 Å². The van der Waals surface area contributed by atoms with Crippen LogP contribution in [0.4, 0.5) is 5.69 Å². The summed E-state index contributed by atoms with van der Waals surface area (Å²) in [7, 11) is 0. The summed E-state index contributed by atoms with van der Waals surface area (Å²) in [6, 6.07) is 5.79. The molecule has 0 atom stereocenters. The summed E-state index contributed by atoms with van der Waals surface area (Å²) in [6.45, 7) is 8.35. The van der Waals surface area contributed by atoms with Gasteiger partial charge in [-0.3, -0.25) is 0 Å². The highest BCUT2D eigenvalue weighted by Gasteiger charge is 2.14. The van der Waals surface area contributed by atoms with Crippen molar-refractivity contribution in [2.45, 2.75) is 33.7 Å². The molecule has 6 heteroatoms. The number of hydrogen-bond donors (Lipinski definition) is 1. The maximum absolute atomic E-state index is 6.05. The Labute approximate surface area is 125 Å². The summed E-state index contributed by atoms with van der Waals surface area (Å²) in [5.41, 5.74) is 8.69. The predicted molar refractivity (Wildman–Crippen MR) is 82.7 cm³/mol. The molecular formula is C15H23N5O. The van der Waals surface area contributed by atoms with E-state index in [4.69, 9.17) is 10.5 Å². The molecule has 0 unspecified atom stereocenters. The second-order valence-corrected chi connectivity index (χ2v) is 5.56. The lowest BCUT2D eigenvalue weighted by Gasteiger charge is -2.10. The third kappa shape index (κ3) is 4.01. The van der Waals surface area contributed by atoms with Crippen molar-refractivity contribution in [2.24, 2.45) is 5.92 Å². The summed E-state index contributed by atoms with van der Waals surface area (Å²) < 4.78 is 7.37. The summed E-state index contributed by atoms with van der Waals surface area (Å²) >= 11 is 0. The van der Waals surface area contributed by atoms with Crippen LogP contribution in [0, 0.1) is 12.8 Å². The minimum atomic E-state index is 0.594. The van der Waals surface area contributed by atoms with Gasteiger partial charge in [0.15, 0.2) is 5.82 Å². The Kier molecular flexibility index (Phi) is 5.27. The van der Waals surface area contributed by atoms with E-state index in [-0.39, 0.29) is 0 Å². The van der Waals surface area contributed by atoms with E-state index in [1.807, 2.05) is 25.1 Å². The van der Waals surface area contributed by atoms with Gasteiger partial charge in [0.05, 0.1) is 13.2 Å². The number of hydrogen-bond acceptors (Lipinski definition) is 5.